The number of nitrogens with zero attached hydrogens (tertiary/aromatic N) is 3. The van der Waals surface area contributed by atoms with Crippen LogP contribution in [0, 0.1) is 25.2 Å². The summed E-state index contributed by atoms with van der Waals surface area (Å²) < 4.78 is 0. The average Bonchev–Trinajstić information content (AvgIpc) is 2.30. The molecule has 0 amide bonds. The van der Waals surface area contributed by atoms with E-state index in [4.69, 9.17) is 11.0 Å². The summed E-state index contributed by atoms with van der Waals surface area (Å²) in [6.45, 7) is 3.85. The fourth-order valence-electron chi connectivity index (χ4n) is 1.53. The van der Waals surface area contributed by atoms with Gasteiger partial charge in [0.25, 0.3) is 0 Å². The molecule has 18 heavy (non-hydrogen) atoms. The third-order valence-electron chi connectivity index (χ3n) is 2.31. The van der Waals surface area contributed by atoms with Crippen molar-refractivity contribution in [3.8, 4) is 6.07 Å². The predicted molar refractivity (Wildman–Crippen MR) is 71.2 cm³/mol. The molecule has 2 rings (SSSR count). The van der Waals surface area contributed by atoms with Gasteiger partial charge in [0.05, 0.1) is 11.6 Å². The Morgan fingerprint density at radius 2 is 1.83 bits per heavy atom. The van der Waals surface area contributed by atoms with Gasteiger partial charge in [-0.25, -0.2) is 9.97 Å². The zero-order valence-electron chi connectivity index (χ0n) is 10.1. The van der Waals surface area contributed by atoms with Gasteiger partial charge in [0.2, 0.25) is 0 Å². The van der Waals surface area contributed by atoms with Crippen LogP contribution < -0.4 is 5.73 Å². The zero-order chi connectivity index (χ0) is 13.1. The van der Waals surface area contributed by atoms with Gasteiger partial charge in [-0.1, -0.05) is 0 Å². The van der Waals surface area contributed by atoms with E-state index in [2.05, 4.69) is 16.0 Å². The van der Waals surface area contributed by atoms with Crippen LogP contribution >= 0.6 is 11.8 Å². The van der Waals surface area contributed by atoms with Gasteiger partial charge >= 0.3 is 0 Å². The number of nitrogens with two attached hydrogens (primary N) is 1. The van der Waals surface area contributed by atoms with Gasteiger partial charge in [-0.15, -0.1) is 0 Å². The molecule has 0 bridgehead atoms. The Morgan fingerprint density at radius 1 is 1.17 bits per heavy atom. The highest BCUT2D eigenvalue weighted by Gasteiger charge is 2.07. The molecule has 90 valence electrons. The van der Waals surface area contributed by atoms with E-state index in [0.717, 1.165) is 16.3 Å². The molecule has 2 N–H and O–H groups in total. The van der Waals surface area contributed by atoms with Crippen LogP contribution in [-0.2, 0) is 0 Å². The molecule has 0 unspecified atom stereocenters. The molecule has 0 saturated heterocycles. The molecule has 4 nitrogen and oxygen atoms in total. The van der Waals surface area contributed by atoms with Crippen molar-refractivity contribution in [3.05, 3.63) is 41.2 Å². The number of hydrogen-bond donors (Lipinski definition) is 1. The molecule has 0 atom stereocenters. The van der Waals surface area contributed by atoms with Gasteiger partial charge in [-0.2, -0.15) is 5.26 Å². The summed E-state index contributed by atoms with van der Waals surface area (Å²) in [4.78, 5) is 9.48. The quantitative estimate of drug-likeness (QED) is 0.660. The van der Waals surface area contributed by atoms with E-state index in [1.54, 1.807) is 18.2 Å². The van der Waals surface area contributed by atoms with E-state index in [0.29, 0.717) is 16.4 Å². The monoisotopic (exact) mass is 256 g/mol. The Hall–Kier alpha value is -2.06. The lowest BCUT2D eigenvalue weighted by molar-refractivity contribution is 0.902. The highest BCUT2D eigenvalue weighted by molar-refractivity contribution is 7.99. The van der Waals surface area contributed by atoms with Crippen LogP contribution in [0.2, 0.25) is 0 Å². The zero-order valence-corrected chi connectivity index (χ0v) is 11.0. The number of aryl methyl sites for hydroxylation is 2. The van der Waals surface area contributed by atoms with Crippen LogP contribution in [0.5, 0.6) is 0 Å². The second kappa shape index (κ2) is 5.07. The summed E-state index contributed by atoms with van der Waals surface area (Å²) in [5.74, 6) is 0. The van der Waals surface area contributed by atoms with Crippen LogP contribution in [0.25, 0.3) is 0 Å². The average molecular weight is 256 g/mol. The maximum Gasteiger partial charge on any atom is 0.192 e. The summed E-state index contributed by atoms with van der Waals surface area (Å²) >= 11 is 1.37. The Morgan fingerprint density at radius 3 is 2.44 bits per heavy atom. The number of hydrogen-bond acceptors (Lipinski definition) is 5. The van der Waals surface area contributed by atoms with Gasteiger partial charge in [-0.3, -0.25) is 0 Å². The summed E-state index contributed by atoms with van der Waals surface area (Å²) in [7, 11) is 0. The van der Waals surface area contributed by atoms with E-state index in [1.807, 2.05) is 19.9 Å². The lowest BCUT2D eigenvalue weighted by Crippen LogP contribution is -1.94. The minimum Gasteiger partial charge on any atom is -0.398 e. The summed E-state index contributed by atoms with van der Waals surface area (Å²) in [6.07, 6.45) is 0. The topological polar surface area (TPSA) is 75.6 Å². The van der Waals surface area contributed by atoms with Crippen molar-refractivity contribution in [2.45, 2.75) is 23.9 Å². The lowest BCUT2D eigenvalue weighted by Gasteiger charge is -2.06. The highest BCUT2D eigenvalue weighted by atomic mass is 32.2. The molecule has 2 aromatic rings. The molecule has 1 aromatic carbocycles. The Balaban J connectivity index is 2.36. The van der Waals surface area contributed by atoms with E-state index in [9.17, 15) is 0 Å². The molecule has 0 spiro atoms. The van der Waals surface area contributed by atoms with Crippen LogP contribution in [0.1, 0.15) is 17.0 Å². The lowest BCUT2D eigenvalue weighted by atomic mass is 10.2. The third-order valence-corrected chi connectivity index (χ3v) is 3.24. The van der Waals surface area contributed by atoms with Crippen LogP contribution in [0.4, 0.5) is 5.69 Å². The predicted octanol–water partition coefficient (Wildman–Crippen LogP) is 2.70. The molecule has 0 aliphatic heterocycles. The van der Waals surface area contributed by atoms with E-state index < -0.39 is 0 Å². The van der Waals surface area contributed by atoms with Crippen molar-refractivity contribution < 1.29 is 0 Å². The van der Waals surface area contributed by atoms with Crippen molar-refractivity contribution in [3.63, 3.8) is 0 Å². The van der Waals surface area contributed by atoms with E-state index in [1.165, 1.54) is 11.8 Å². The first-order chi connectivity index (χ1) is 8.58. The number of benzene rings is 1. The van der Waals surface area contributed by atoms with Crippen LogP contribution in [0.15, 0.2) is 34.3 Å². The van der Waals surface area contributed by atoms with Crippen LogP contribution in [-0.4, -0.2) is 9.97 Å². The van der Waals surface area contributed by atoms with E-state index in [-0.39, 0.29) is 0 Å². The normalized spacial score (nSPS) is 10.1. The first-order valence-electron chi connectivity index (χ1n) is 5.38. The van der Waals surface area contributed by atoms with Gasteiger partial charge in [0, 0.05) is 22.0 Å². The van der Waals surface area contributed by atoms with Gasteiger partial charge in [0.15, 0.2) is 5.16 Å². The summed E-state index contributed by atoms with van der Waals surface area (Å²) in [5.41, 5.74) is 8.92. The Kier molecular flexibility index (Phi) is 3.49. The molecular weight excluding hydrogens is 244 g/mol. The molecule has 0 aliphatic carbocycles. The molecule has 5 heteroatoms. The van der Waals surface area contributed by atoms with Gasteiger partial charge in [-0.05, 0) is 49.9 Å². The standard InChI is InChI=1S/C13H12N4S/c1-8-5-9(2)17-13(16-8)18-12-6-10(7-14)3-4-11(12)15/h3-6H,15H2,1-2H3. The first-order valence-corrected chi connectivity index (χ1v) is 6.20. The van der Waals surface area contributed by atoms with Crippen molar-refractivity contribution in [1.29, 1.82) is 5.26 Å². The van der Waals surface area contributed by atoms with Crippen molar-refractivity contribution in [1.82, 2.24) is 9.97 Å². The Bertz CT molecular complexity index is 611. The fourth-order valence-corrected chi connectivity index (χ4v) is 2.48. The molecule has 0 fully saturated rings. The number of rotatable bonds is 2. The van der Waals surface area contributed by atoms with E-state index >= 15 is 0 Å². The molecule has 1 aromatic heterocycles. The largest absolute Gasteiger partial charge is 0.398 e. The maximum atomic E-state index is 8.88. The number of anilines is 1. The fraction of sp³-hybridized carbons (Fsp3) is 0.154. The second-order valence-electron chi connectivity index (χ2n) is 3.90. The highest BCUT2D eigenvalue weighted by Crippen LogP contribution is 2.30. The Labute approximate surface area is 110 Å². The van der Waals surface area contributed by atoms with Crippen molar-refractivity contribution >= 4 is 17.4 Å². The van der Waals surface area contributed by atoms with Gasteiger partial charge < -0.3 is 5.73 Å². The first kappa shape index (κ1) is 12.4. The molecule has 0 aliphatic rings. The molecular formula is C13H12N4S. The maximum absolute atomic E-state index is 8.88. The number of nitrogen functional groups attached to an aromatic ring is 1. The minimum atomic E-state index is 0.580. The molecule has 0 saturated carbocycles. The van der Waals surface area contributed by atoms with Crippen molar-refractivity contribution in [2.24, 2.45) is 0 Å². The smallest absolute Gasteiger partial charge is 0.192 e. The summed E-state index contributed by atoms with van der Waals surface area (Å²) in [5, 5.41) is 9.52. The SMILES string of the molecule is Cc1cc(C)nc(Sc2cc(C#N)ccc2N)n1. The molecule has 1 heterocycles. The van der Waals surface area contributed by atoms with Gasteiger partial charge in [0.1, 0.15) is 0 Å². The third kappa shape index (κ3) is 2.79. The second-order valence-corrected chi connectivity index (χ2v) is 4.91. The van der Waals surface area contributed by atoms with Crippen LogP contribution in [0.3, 0.4) is 0 Å². The number of nitriles is 1. The summed E-state index contributed by atoms with van der Waals surface area (Å²) in [6, 6.07) is 9.18. The number of aromatic nitrogens is 2. The van der Waals surface area contributed by atoms with Crippen molar-refractivity contribution in [2.75, 3.05) is 5.73 Å². The minimum absolute atomic E-state index is 0.580. The molecule has 0 radical (unpaired) electrons.